The van der Waals surface area contributed by atoms with Crippen LogP contribution in [-0.2, 0) is 6.54 Å². The van der Waals surface area contributed by atoms with Gasteiger partial charge in [0.1, 0.15) is 23.7 Å². The highest BCUT2D eigenvalue weighted by Gasteiger charge is 2.17. The van der Waals surface area contributed by atoms with Crippen LogP contribution in [0, 0.1) is 6.92 Å². The summed E-state index contributed by atoms with van der Waals surface area (Å²) in [5.74, 6) is 1.99. The molecule has 18 heavy (non-hydrogen) atoms. The molecule has 0 aliphatic carbocycles. The van der Waals surface area contributed by atoms with E-state index in [2.05, 4.69) is 25.5 Å². The van der Waals surface area contributed by atoms with Gasteiger partial charge in [-0.2, -0.15) is 0 Å². The first-order chi connectivity index (χ1) is 8.75. The van der Waals surface area contributed by atoms with Crippen molar-refractivity contribution in [3.05, 3.63) is 22.4 Å². The molecule has 4 heteroatoms. The van der Waals surface area contributed by atoms with E-state index in [-0.39, 0.29) is 0 Å². The van der Waals surface area contributed by atoms with E-state index in [0.717, 1.165) is 40.2 Å². The molecule has 0 unspecified atom stereocenters. The number of aromatic nitrogens is 2. The van der Waals surface area contributed by atoms with Crippen LogP contribution in [0.1, 0.15) is 33.5 Å². The van der Waals surface area contributed by atoms with Crippen LogP contribution in [0.4, 0.5) is 0 Å². The summed E-state index contributed by atoms with van der Waals surface area (Å²) >= 11 is 3.45. The van der Waals surface area contributed by atoms with Crippen molar-refractivity contribution in [3.63, 3.8) is 0 Å². The van der Waals surface area contributed by atoms with Gasteiger partial charge in [-0.05, 0) is 19.1 Å². The molecule has 0 N–H and O–H groups in total. The fourth-order valence-corrected chi connectivity index (χ4v) is 2.37. The molecule has 3 nitrogen and oxygen atoms in total. The molecule has 0 atom stereocenters. The Labute approximate surface area is 117 Å². The monoisotopic (exact) mass is 312 g/mol. The van der Waals surface area contributed by atoms with Gasteiger partial charge in [-0.3, -0.25) is 0 Å². The van der Waals surface area contributed by atoms with E-state index < -0.39 is 0 Å². The third-order valence-corrected chi connectivity index (χ3v) is 2.99. The third-order valence-electron chi connectivity index (χ3n) is 2.53. The first kappa shape index (κ1) is 15.0. The van der Waals surface area contributed by atoms with Crippen LogP contribution in [0.3, 0.4) is 0 Å². The van der Waals surface area contributed by atoms with Gasteiger partial charge < -0.3 is 9.30 Å². The largest absolute Gasteiger partial charge is 0.489 e. The highest BCUT2D eigenvalue weighted by atomic mass is 79.9. The molecular formula is C14H21BrN2O. The number of hydrogen-bond donors (Lipinski definition) is 0. The minimum absolute atomic E-state index is 0.732. The van der Waals surface area contributed by atoms with Crippen molar-refractivity contribution < 1.29 is 4.74 Å². The maximum absolute atomic E-state index is 5.60. The zero-order valence-electron chi connectivity index (χ0n) is 11.7. The zero-order valence-corrected chi connectivity index (χ0v) is 13.3. The Hall–Kier alpha value is -1.03. The van der Waals surface area contributed by atoms with E-state index in [4.69, 9.17) is 4.74 Å². The standard InChI is InChI=1S/C10H9BrN2O.2C2H6/c1-6-12-8-4-7(11)5-9-10(8)13(6)2-3-14-9;2*1-2/h4-5H,2-3H2,1H3;2*1-2H3. The Morgan fingerprint density at radius 1 is 1.22 bits per heavy atom. The van der Waals surface area contributed by atoms with Crippen LogP contribution in [0.5, 0.6) is 5.75 Å². The number of hydrogen-bond acceptors (Lipinski definition) is 2. The zero-order chi connectivity index (χ0) is 13.7. The van der Waals surface area contributed by atoms with Crippen LogP contribution in [0.15, 0.2) is 16.6 Å². The first-order valence-electron chi connectivity index (χ1n) is 6.55. The second-order valence-corrected chi connectivity index (χ2v) is 4.35. The van der Waals surface area contributed by atoms with E-state index in [1.54, 1.807) is 0 Å². The van der Waals surface area contributed by atoms with Crippen molar-refractivity contribution in [2.24, 2.45) is 0 Å². The van der Waals surface area contributed by atoms with E-state index in [9.17, 15) is 0 Å². The summed E-state index contributed by atoms with van der Waals surface area (Å²) in [5.41, 5.74) is 2.13. The number of nitrogens with zero attached hydrogens (tertiary/aromatic N) is 2. The molecule has 1 aliphatic heterocycles. The lowest BCUT2D eigenvalue weighted by molar-refractivity contribution is 0.285. The highest BCUT2D eigenvalue weighted by molar-refractivity contribution is 9.10. The van der Waals surface area contributed by atoms with Gasteiger partial charge in [0.15, 0.2) is 0 Å². The number of aryl methyl sites for hydroxylation is 1. The van der Waals surface area contributed by atoms with Gasteiger partial charge in [-0.15, -0.1) is 0 Å². The minimum atomic E-state index is 0.732. The first-order valence-corrected chi connectivity index (χ1v) is 7.34. The molecular weight excluding hydrogens is 292 g/mol. The minimum Gasteiger partial charge on any atom is -0.489 e. The summed E-state index contributed by atoms with van der Waals surface area (Å²) in [6, 6.07) is 4.02. The number of ether oxygens (including phenoxy) is 1. The second kappa shape index (κ2) is 6.78. The van der Waals surface area contributed by atoms with Crippen LogP contribution in [0.25, 0.3) is 11.0 Å². The molecule has 1 aromatic carbocycles. The maximum Gasteiger partial charge on any atom is 0.146 e. The van der Waals surface area contributed by atoms with Crippen molar-refractivity contribution in [2.75, 3.05) is 6.61 Å². The van der Waals surface area contributed by atoms with Crippen LogP contribution in [-0.4, -0.2) is 16.2 Å². The lowest BCUT2D eigenvalue weighted by atomic mass is 10.2. The normalized spacial score (nSPS) is 11.9. The van der Waals surface area contributed by atoms with Gasteiger partial charge in [-0.25, -0.2) is 4.98 Å². The smallest absolute Gasteiger partial charge is 0.146 e. The Morgan fingerprint density at radius 3 is 2.56 bits per heavy atom. The Kier molecular flexibility index (Phi) is 5.66. The number of halogens is 1. The lowest BCUT2D eigenvalue weighted by Gasteiger charge is -2.17. The molecule has 1 aromatic heterocycles. The molecule has 0 saturated heterocycles. The SMILES string of the molecule is CC.CC.Cc1nc2cc(Br)cc3c2n1CCO3. The fourth-order valence-electron chi connectivity index (χ4n) is 1.94. The van der Waals surface area contributed by atoms with Gasteiger partial charge >= 0.3 is 0 Å². The Balaban J connectivity index is 0.000000371. The maximum atomic E-state index is 5.60. The van der Waals surface area contributed by atoms with Crippen molar-refractivity contribution in [2.45, 2.75) is 41.2 Å². The molecule has 0 spiro atoms. The predicted octanol–water partition coefficient (Wildman–Crippen LogP) is 4.55. The fraction of sp³-hybridized carbons (Fsp3) is 0.500. The van der Waals surface area contributed by atoms with Crippen molar-refractivity contribution in [1.29, 1.82) is 0 Å². The molecule has 2 heterocycles. The molecule has 0 radical (unpaired) electrons. The summed E-state index contributed by atoms with van der Waals surface area (Å²) in [6.07, 6.45) is 0. The molecule has 3 rings (SSSR count). The molecule has 0 bridgehead atoms. The average molecular weight is 313 g/mol. The number of rotatable bonds is 0. The number of imidazole rings is 1. The van der Waals surface area contributed by atoms with Crippen molar-refractivity contribution >= 4 is 27.0 Å². The quantitative estimate of drug-likeness (QED) is 0.713. The van der Waals surface area contributed by atoms with Crippen LogP contribution in [0.2, 0.25) is 0 Å². The van der Waals surface area contributed by atoms with Gasteiger partial charge in [0.2, 0.25) is 0 Å². The van der Waals surface area contributed by atoms with E-state index >= 15 is 0 Å². The van der Waals surface area contributed by atoms with Gasteiger partial charge in [0.05, 0.1) is 12.1 Å². The van der Waals surface area contributed by atoms with Crippen LogP contribution < -0.4 is 4.74 Å². The molecule has 2 aromatic rings. The van der Waals surface area contributed by atoms with Gasteiger partial charge in [0, 0.05) is 4.47 Å². The highest BCUT2D eigenvalue weighted by Crippen LogP contribution is 2.32. The van der Waals surface area contributed by atoms with Crippen molar-refractivity contribution in [1.82, 2.24) is 9.55 Å². The Bertz CT molecular complexity index is 520. The molecule has 0 saturated carbocycles. The summed E-state index contributed by atoms with van der Waals surface area (Å²) in [5, 5.41) is 0. The van der Waals surface area contributed by atoms with Crippen LogP contribution >= 0.6 is 15.9 Å². The predicted molar refractivity (Wildman–Crippen MR) is 80.4 cm³/mol. The molecule has 0 amide bonds. The summed E-state index contributed by atoms with van der Waals surface area (Å²) in [6.45, 7) is 11.7. The second-order valence-electron chi connectivity index (χ2n) is 3.43. The molecule has 0 fully saturated rings. The molecule has 1 aliphatic rings. The van der Waals surface area contributed by atoms with Gasteiger partial charge in [-0.1, -0.05) is 43.6 Å². The van der Waals surface area contributed by atoms with E-state index in [1.807, 2.05) is 46.8 Å². The van der Waals surface area contributed by atoms with Crippen molar-refractivity contribution in [3.8, 4) is 5.75 Å². The number of benzene rings is 1. The van der Waals surface area contributed by atoms with E-state index in [1.165, 1.54) is 0 Å². The topological polar surface area (TPSA) is 27.1 Å². The van der Waals surface area contributed by atoms with E-state index in [0.29, 0.717) is 0 Å². The lowest BCUT2D eigenvalue weighted by Crippen LogP contribution is -2.14. The third kappa shape index (κ3) is 2.69. The van der Waals surface area contributed by atoms with Gasteiger partial charge in [0.25, 0.3) is 0 Å². The average Bonchev–Trinajstić information content (AvgIpc) is 2.72. The summed E-state index contributed by atoms with van der Waals surface area (Å²) in [4.78, 5) is 4.50. The molecule has 100 valence electrons. The summed E-state index contributed by atoms with van der Waals surface area (Å²) in [7, 11) is 0. The Morgan fingerprint density at radius 2 is 1.89 bits per heavy atom. The summed E-state index contributed by atoms with van der Waals surface area (Å²) < 4.78 is 8.83.